The fraction of sp³-hybridized carbons (Fsp3) is 0.333. The zero-order chi connectivity index (χ0) is 13.1. The Balaban J connectivity index is 2.89. The Kier molecular flexibility index (Phi) is 4.88. The van der Waals surface area contributed by atoms with E-state index in [9.17, 15) is 13.5 Å². The summed E-state index contributed by atoms with van der Waals surface area (Å²) in [6.45, 7) is 0.0783. The molecule has 1 rings (SSSR count). The normalized spacial score (nSPS) is 11.5. The number of hydrogen-bond donors (Lipinski definition) is 2. The first kappa shape index (κ1) is 14.4. The highest BCUT2D eigenvalue weighted by Gasteiger charge is 2.13. The minimum absolute atomic E-state index is 0.0260. The molecule has 0 radical (unpaired) electrons. The van der Waals surface area contributed by atoms with Crippen molar-refractivity contribution in [1.29, 1.82) is 0 Å². The van der Waals surface area contributed by atoms with Crippen molar-refractivity contribution in [3.63, 3.8) is 0 Å². The van der Waals surface area contributed by atoms with Gasteiger partial charge in [-0.25, -0.2) is 8.42 Å². The Labute approximate surface area is 109 Å². The number of hydrogen-bond acceptors (Lipinski definition) is 4. The molecule has 0 amide bonds. The number of phenols is 1. The van der Waals surface area contributed by atoms with Gasteiger partial charge in [0, 0.05) is 7.11 Å². The molecule has 2 N–H and O–H groups in total. The van der Waals surface area contributed by atoms with E-state index in [-0.39, 0.29) is 33.8 Å². The van der Waals surface area contributed by atoms with Gasteiger partial charge in [0.05, 0.1) is 28.1 Å². The largest absolute Gasteiger partial charge is 0.505 e. The minimum Gasteiger partial charge on any atom is -0.505 e. The maximum absolute atomic E-state index is 11.5. The molecule has 0 atom stereocenters. The van der Waals surface area contributed by atoms with E-state index in [2.05, 4.69) is 9.46 Å². The lowest BCUT2D eigenvalue weighted by Crippen LogP contribution is -2.19. The molecule has 0 aromatic heterocycles. The summed E-state index contributed by atoms with van der Waals surface area (Å²) in [5.74, 6) is -0.465. The molecule has 0 aliphatic rings. The smallest absolute Gasteiger partial charge is 0.235 e. The first-order chi connectivity index (χ1) is 7.85. The van der Waals surface area contributed by atoms with Crippen molar-refractivity contribution in [2.75, 3.05) is 24.2 Å². The van der Waals surface area contributed by atoms with Crippen molar-refractivity contribution in [2.45, 2.75) is 0 Å². The Morgan fingerprint density at radius 2 is 1.88 bits per heavy atom. The van der Waals surface area contributed by atoms with Gasteiger partial charge in [-0.15, -0.1) is 0 Å². The number of anilines is 1. The van der Waals surface area contributed by atoms with E-state index in [1.54, 1.807) is 0 Å². The Bertz CT molecular complexity index is 481. The molecule has 0 aliphatic carbocycles. The average Bonchev–Trinajstić information content (AvgIpc) is 2.22. The van der Waals surface area contributed by atoms with Gasteiger partial charge in [-0.05, 0) is 12.1 Å². The number of aromatic hydroxyl groups is 1. The summed E-state index contributed by atoms with van der Waals surface area (Å²) < 4.78 is 30.0. The molecular formula is C9H11Cl2NO4S. The molecule has 8 heteroatoms. The Morgan fingerprint density at radius 1 is 1.35 bits per heavy atom. The van der Waals surface area contributed by atoms with Crippen molar-refractivity contribution in [3.8, 4) is 5.75 Å². The summed E-state index contributed by atoms with van der Waals surface area (Å²) in [6, 6.07) is 2.54. The highest BCUT2D eigenvalue weighted by atomic mass is 35.5. The van der Waals surface area contributed by atoms with Gasteiger partial charge in [0.25, 0.3) is 0 Å². The second-order valence-corrected chi connectivity index (χ2v) is 5.86. The zero-order valence-corrected chi connectivity index (χ0v) is 11.2. The molecule has 17 heavy (non-hydrogen) atoms. The molecule has 5 nitrogen and oxygen atoms in total. The molecule has 1 aromatic carbocycles. The zero-order valence-electron chi connectivity index (χ0n) is 8.91. The summed E-state index contributed by atoms with van der Waals surface area (Å²) in [6.07, 6.45) is 0. The molecule has 96 valence electrons. The van der Waals surface area contributed by atoms with Crippen LogP contribution in [0.1, 0.15) is 0 Å². The number of sulfonamides is 1. The SMILES string of the molecule is COCCS(=O)(=O)Nc1cc(Cl)c(O)c(Cl)c1. The van der Waals surface area contributed by atoms with E-state index in [1.165, 1.54) is 19.2 Å². The highest BCUT2D eigenvalue weighted by molar-refractivity contribution is 7.92. The number of halogens is 2. The Morgan fingerprint density at radius 3 is 2.35 bits per heavy atom. The standard InChI is InChI=1S/C9H11Cl2NO4S/c1-16-2-3-17(14,15)12-6-4-7(10)9(13)8(11)5-6/h4-5,12-13H,2-3H2,1H3. The topological polar surface area (TPSA) is 75.6 Å². The number of benzene rings is 1. The van der Waals surface area contributed by atoms with Gasteiger partial charge in [0.1, 0.15) is 0 Å². The predicted molar refractivity (Wildman–Crippen MR) is 67.4 cm³/mol. The van der Waals surface area contributed by atoms with Crippen LogP contribution in [0.25, 0.3) is 0 Å². The van der Waals surface area contributed by atoms with Gasteiger partial charge in [0.2, 0.25) is 10.0 Å². The van der Waals surface area contributed by atoms with Crippen LogP contribution in [-0.2, 0) is 14.8 Å². The van der Waals surface area contributed by atoms with Gasteiger partial charge in [-0.1, -0.05) is 23.2 Å². The Hall–Kier alpha value is -0.690. The van der Waals surface area contributed by atoms with Crippen LogP contribution in [0.4, 0.5) is 5.69 Å². The summed E-state index contributed by atoms with van der Waals surface area (Å²) in [5, 5.41) is 9.26. The van der Waals surface area contributed by atoms with Crippen LogP contribution in [0.3, 0.4) is 0 Å². The lowest BCUT2D eigenvalue weighted by Gasteiger charge is -2.09. The third-order valence-electron chi connectivity index (χ3n) is 1.85. The van der Waals surface area contributed by atoms with E-state index in [1.807, 2.05) is 0 Å². The second-order valence-electron chi connectivity index (χ2n) is 3.20. The number of ether oxygens (including phenoxy) is 1. The third kappa shape index (κ3) is 4.23. The van der Waals surface area contributed by atoms with E-state index >= 15 is 0 Å². The first-order valence-corrected chi connectivity index (χ1v) is 6.94. The average molecular weight is 300 g/mol. The van der Waals surface area contributed by atoms with Gasteiger partial charge < -0.3 is 9.84 Å². The maximum Gasteiger partial charge on any atom is 0.235 e. The molecule has 0 unspecified atom stereocenters. The first-order valence-electron chi connectivity index (χ1n) is 4.53. The van der Waals surface area contributed by atoms with Crippen LogP contribution in [0, 0.1) is 0 Å². The van der Waals surface area contributed by atoms with Crippen LogP contribution in [-0.4, -0.2) is 33.0 Å². The number of phenolic OH excluding ortho intramolecular Hbond substituents is 1. The molecule has 0 fully saturated rings. The van der Waals surface area contributed by atoms with Crippen LogP contribution < -0.4 is 4.72 Å². The highest BCUT2D eigenvalue weighted by Crippen LogP contribution is 2.34. The quantitative estimate of drug-likeness (QED) is 0.816. The molecule has 1 aromatic rings. The molecule has 0 spiro atoms. The fourth-order valence-corrected chi connectivity index (χ4v) is 2.50. The van der Waals surface area contributed by atoms with Gasteiger partial charge in [-0.3, -0.25) is 4.72 Å². The van der Waals surface area contributed by atoms with Gasteiger partial charge in [-0.2, -0.15) is 0 Å². The summed E-state index contributed by atoms with van der Waals surface area (Å²) >= 11 is 11.3. The van der Waals surface area contributed by atoms with Gasteiger partial charge >= 0.3 is 0 Å². The molecule has 0 aliphatic heterocycles. The number of nitrogens with one attached hydrogen (secondary N) is 1. The van der Waals surface area contributed by atoms with Crippen LogP contribution in [0.15, 0.2) is 12.1 Å². The van der Waals surface area contributed by atoms with Crippen LogP contribution >= 0.6 is 23.2 Å². The van der Waals surface area contributed by atoms with Crippen molar-refractivity contribution in [1.82, 2.24) is 0 Å². The lowest BCUT2D eigenvalue weighted by molar-refractivity contribution is 0.217. The molecule has 0 bridgehead atoms. The number of rotatable bonds is 5. The summed E-state index contributed by atoms with van der Waals surface area (Å²) in [7, 11) is -2.11. The monoisotopic (exact) mass is 299 g/mol. The summed E-state index contributed by atoms with van der Waals surface area (Å²) in [4.78, 5) is 0. The van der Waals surface area contributed by atoms with Crippen molar-refractivity contribution >= 4 is 38.9 Å². The van der Waals surface area contributed by atoms with Gasteiger partial charge in [0.15, 0.2) is 5.75 Å². The van der Waals surface area contributed by atoms with E-state index < -0.39 is 10.0 Å². The predicted octanol–water partition coefficient (Wildman–Crippen LogP) is 2.09. The molecular weight excluding hydrogens is 289 g/mol. The second kappa shape index (κ2) is 5.77. The third-order valence-corrected chi connectivity index (χ3v) is 3.67. The van der Waals surface area contributed by atoms with E-state index in [0.29, 0.717) is 0 Å². The fourth-order valence-electron chi connectivity index (χ4n) is 1.05. The maximum atomic E-state index is 11.5. The molecule has 0 saturated carbocycles. The van der Waals surface area contributed by atoms with Crippen molar-refractivity contribution in [3.05, 3.63) is 22.2 Å². The molecule has 0 saturated heterocycles. The lowest BCUT2D eigenvalue weighted by atomic mass is 10.3. The van der Waals surface area contributed by atoms with Crippen LogP contribution in [0.2, 0.25) is 10.0 Å². The van der Waals surface area contributed by atoms with Crippen LogP contribution in [0.5, 0.6) is 5.75 Å². The van der Waals surface area contributed by atoms with E-state index in [4.69, 9.17) is 23.2 Å². The van der Waals surface area contributed by atoms with E-state index in [0.717, 1.165) is 0 Å². The summed E-state index contributed by atoms with van der Waals surface area (Å²) in [5.41, 5.74) is 0.189. The molecule has 0 heterocycles. The minimum atomic E-state index is -3.52. The number of methoxy groups -OCH3 is 1. The van der Waals surface area contributed by atoms with Crippen molar-refractivity contribution in [2.24, 2.45) is 0 Å². The van der Waals surface area contributed by atoms with Crippen molar-refractivity contribution < 1.29 is 18.3 Å².